The SMILES string of the molecule is c1cc(CNc2ncc(-c3ccc(C4CC4)nc3)c3nncn23)c2c(c1)OCC2. The van der Waals surface area contributed by atoms with Gasteiger partial charge in [0.1, 0.15) is 12.1 Å². The highest BCUT2D eigenvalue weighted by Gasteiger charge is 2.24. The molecule has 0 spiro atoms. The predicted molar refractivity (Wildman–Crippen MR) is 109 cm³/mol. The molecule has 0 radical (unpaired) electrons. The van der Waals surface area contributed by atoms with Crippen molar-refractivity contribution < 1.29 is 4.74 Å². The molecule has 1 aromatic carbocycles. The molecule has 0 atom stereocenters. The molecule has 4 aromatic rings. The summed E-state index contributed by atoms with van der Waals surface area (Å²) in [6.45, 7) is 1.42. The van der Waals surface area contributed by atoms with E-state index in [4.69, 9.17) is 4.74 Å². The fourth-order valence-electron chi connectivity index (χ4n) is 3.97. The van der Waals surface area contributed by atoms with Gasteiger partial charge in [0.2, 0.25) is 5.95 Å². The average molecular weight is 384 g/mol. The number of hydrogen-bond donors (Lipinski definition) is 1. The summed E-state index contributed by atoms with van der Waals surface area (Å²) in [6.07, 6.45) is 8.90. The first-order chi connectivity index (χ1) is 14.4. The summed E-state index contributed by atoms with van der Waals surface area (Å²) in [6, 6.07) is 10.4. The van der Waals surface area contributed by atoms with E-state index in [0.717, 1.165) is 35.6 Å². The normalized spacial score (nSPS) is 15.3. The van der Waals surface area contributed by atoms with Gasteiger partial charge in [-0.3, -0.25) is 9.38 Å². The molecule has 1 saturated carbocycles. The minimum absolute atomic E-state index is 0.645. The number of ether oxygens (including phenoxy) is 1. The highest BCUT2D eigenvalue weighted by Crippen LogP contribution is 2.39. The lowest BCUT2D eigenvalue weighted by Gasteiger charge is -2.12. The van der Waals surface area contributed by atoms with Crippen molar-refractivity contribution in [3.63, 3.8) is 0 Å². The number of benzene rings is 1. The lowest BCUT2D eigenvalue weighted by Crippen LogP contribution is -2.08. The van der Waals surface area contributed by atoms with Gasteiger partial charge in [-0.05, 0) is 30.5 Å². The topological polar surface area (TPSA) is 77.2 Å². The van der Waals surface area contributed by atoms with Crippen LogP contribution in [0.5, 0.6) is 5.75 Å². The Labute approximate surface area is 167 Å². The third-order valence-electron chi connectivity index (χ3n) is 5.70. The van der Waals surface area contributed by atoms with Crippen LogP contribution in [-0.2, 0) is 13.0 Å². The van der Waals surface area contributed by atoms with Crippen LogP contribution in [0.3, 0.4) is 0 Å². The maximum absolute atomic E-state index is 5.67. The highest BCUT2D eigenvalue weighted by molar-refractivity contribution is 5.77. The Hall–Kier alpha value is -3.48. The summed E-state index contributed by atoms with van der Waals surface area (Å²) < 4.78 is 7.56. The molecular formula is C22H20N6O. The first-order valence-electron chi connectivity index (χ1n) is 9.99. The third kappa shape index (κ3) is 2.90. The third-order valence-corrected chi connectivity index (χ3v) is 5.70. The predicted octanol–water partition coefficient (Wildman–Crippen LogP) is 3.61. The summed E-state index contributed by atoms with van der Waals surface area (Å²) in [7, 11) is 0. The minimum atomic E-state index is 0.645. The van der Waals surface area contributed by atoms with Crippen molar-refractivity contribution >= 4 is 11.6 Å². The number of rotatable bonds is 5. The Morgan fingerprint density at radius 2 is 2.07 bits per heavy atom. The van der Waals surface area contributed by atoms with Crippen molar-refractivity contribution in [3.8, 4) is 16.9 Å². The lowest BCUT2D eigenvalue weighted by molar-refractivity contribution is 0.357. The van der Waals surface area contributed by atoms with E-state index >= 15 is 0 Å². The number of pyridine rings is 1. The number of anilines is 1. The average Bonchev–Trinajstić information content (AvgIpc) is 3.28. The van der Waals surface area contributed by atoms with Crippen molar-refractivity contribution in [2.24, 2.45) is 0 Å². The second-order valence-electron chi connectivity index (χ2n) is 7.61. The van der Waals surface area contributed by atoms with Crippen LogP contribution in [0.2, 0.25) is 0 Å². The van der Waals surface area contributed by atoms with Crippen LogP contribution in [0.25, 0.3) is 16.8 Å². The Morgan fingerprint density at radius 3 is 2.93 bits per heavy atom. The quantitative estimate of drug-likeness (QED) is 0.566. The number of nitrogens with zero attached hydrogens (tertiary/aromatic N) is 5. The molecule has 0 unspecified atom stereocenters. The van der Waals surface area contributed by atoms with E-state index in [1.807, 2.05) is 28.9 Å². The fraction of sp³-hybridized carbons (Fsp3) is 0.273. The van der Waals surface area contributed by atoms with Crippen molar-refractivity contribution in [2.75, 3.05) is 11.9 Å². The van der Waals surface area contributed by atoms with Crippen molar-refractivity contribution in [2.45, 2.75) is 31.7 Å². The van der Waals surface area contributed by atoms with Gasteiger partial charge >= 0.3 is 0 Å². The van der Waals surface area contributed by atoms with Crippen molar-refractivity contribution in [3.05, 3.63) is 65.9 Å². The Balaban J connectivity index is 1.30. The molecule has 0 bridgehead atoms. The van der Waals surface area contributed by atoms with E-state index in [2.05, 4.69) is 43.7 Å². The molecule has 7 heteroatoms. The summed E-state index contributed by atoms with van der Waals surface area (Å²) in [5, 5.41) is 11.9. The van der Waals surface area contributed by atoms with Crippen LogP contribution in [0.4, 0.5) is 5.95 Å². The number of fused-ring (bicyclic) bond motifs is 2. The van der Waals surface area contributed by atoms with Gasteiger partial charge in [0.15, 0.2) is 5.65 Å². The van der Waals surface area contributed by atoms with E-state index in [1.165, 1.54) is 29.7 Å². The molecule has 1 aliphatic heterocycles. The second-order valence-corrected chi connectivity index (χ2v) is 7.61. The highest BCUT2D eigenvalue weighted by atomic mass is 16.5. The Bertz CT molecular complexity index is 1200. The van der Waals surface area contributed by atoms with E-state index in [-0.39, 0.29) is 0 Å². The van der Waals surface area contributed by atoms with Gasteiger partial charge in [-0.25, -0.2) is 4.98 Å². The molecule has 1 fully saturated rings. The molecule has 4 heterocycles. The van der Waals surface area contributed by atoms with E-state index < -0.39 is 0 Å². The standard InChI is InChI=1S/C22H20N6O/c1-2-15(17-8-9-29-20(17)3-1)11-24-22-25-12-18(21-27-26-13-28(21)22)16-6-7-19(23-10-16)14-4-5-14/h1-3,6-7,10,12-14H,4-5,8-9,11H2,(H,24,25). The van der Waals surface area contributed by atoms with Crippen LogP contribution >= 0.6 is 0 Å². The van der Waals surface area contributed by atoms with Crippen LogP contribution in [0, 0.1) is 0 Å². The summed E-state index contributed by atoms with van der Waals surface area (Å²) in [4.78, 5) is 9.27. The Kier molecular flexibility index (Phi) is 3.72. The molecule has 144 valence electrons. The molecule has 2 aliphatic rings. The van der Waals surface area contributed by atoms with Crippen molar-refractivity contribution in [1.82, 2.24) is 24.6 Å². The first kappa shape index (κ1) is 16.5. The zero-order valence-corrected chi connectivity index (χ0v) is 15.9. The summed E-state index contributed by atoms with van der Waals surface area (Å²) in [5.41, 5.74) is 6.38. The molecule has 1 aliphatic carbocycles. The van der Waals surface area contributed by atoms with Gasteiger partial charge < -0.3 is 10.1 Å². The molecule has 29 heavy (non-hydrogen) atoms. The van der Waals surface area contributed by atoms with Gasteiger partial charge in [0, 0.05) is 53.7 Å². The molecule has 0 amide bonds. The smallest absolute Gasteiger partial charge is 0.210 e. The number of nitrogens with one attached hydrogen (secondary N) is 1. The van der Waals surface area contributed by atoms with Gasteiger partial charge in [-0.15, -0.1) is 10.2 Å². The number of aromatic nitrogens is 5. The monoisotopic (exact) mass is 384 g/mol. The first-order valence-corrected chi connectivity index (χ1v) is 9.99. The van der Waals surface area contributed by atoms with Crippen LogP contribution in [-0.4, -0.2) is 31.2 Å². The van der Waals surface area contributed by atoms with Crippen molar-refractivity contribution in [1.29, 1.82) is 0 Å². The largest absolute Gasteiger partial charge is 0.493 e. The minimum Gasteiger partial charge on any atom is -0.493 e. The van der Waals surface area contributed by atoms with Gasteiger partial charge in [-0.1, -0.05) is 18.2 Å². The molecule has 7 nitrogen and oxygen atoms in total. The molecule has 0 saturated heterocycles. The van der Waals surface area contributed by atoms with E-state index in [1.54, 1.807) is 6.33 Å². The molecular weight excluding hydrogens is 364 g/mol. The summed E-state index contributed by atoms with van der Waals surface area (Å²) in [5.74, 6) is 2.35. The zero-order valence-electron chi connectivity index (χ0n) is 15.9. The number of hydrogen-bond acceptors (Lipinski definition) is 6. The molecule has 6 rings (SSSR count). The maximum atomic E-state index is 5.67. The maximum Gasteiger partial charge on any atom is 0.210 e. The molecule has 1 N–H and O–H groups in total. The van der Waals surface area contributed by atoms with Gasteiger partial charge in [0.05, 0.1) is 6.61 Å². The van der Waals surface area contributed by atoms with Gasteiger partial charge in [-0.2, -0.15) is 0 Å². The fourth-order valence-corrected chi connectivity index (χ4v) is 3.97. The lowest BCUT2D eigenvalue weighted by atomic mass is 10.1. The summed E-state index contributed by atoms with van der Waals surface area (Å²) >= 11 is 0. The Morgan fingerprint density at radius 1 is 1.10 bits per heavy atom. The van der Waals surface area contributed by atoms with Crippen LogP contribution in [0.1, 0.15) is 35.6 Å². The van der Waals surface area contributed by atoms with Crippen LogP contribution in [0.15, 0.2) is 49.1 Å². The van der Waals surface area contributed by atoms with E-state index in [0.29, 0.717) is 18.4 Å². The second kappa shape index (κ2) is 6.55. The zero-order chi connectivity index (χ0) is 19.2. The van der Waals surface area contributed by atoms with E-state index in [9.17, 15) is 0 Å². The van der Waals surface area contributed by atoms with Gasteiger partial charge in [0.25, 0.3) is 0 Å². The molecule has 3 aromatic heterocycles. The van der Waals surface area contributed by atoms with Crippen LogP contribution < -0.4 is 10.1 Å².